The van der Waals surface area contributed by atoms with Gasteiger partial charge in [-0.25, -0.2) is 0 Å². The topological polar surface area (TPSA) is 0 Å². The van der Waals surface area contributed by atoms with Crippen LogP contribution >= 0.6 is 0 Å². The molecule has 0 rings (SSSR count). The summed E-state index contributed by atoms with van der Waals surface area (Å²) < 4.78 is 26.6. The van der Waals surface area contributed by atoms with Crippen LogP contribution in [0.3, 0.4) is 0 Å². The Morgan fingerprint density at radius 2 is 3.00 bits per heavy atom. The van der Waals surface area contributed by atoms with Crippen LogP contribution in [0, 0.1) is 0 Å². The molecule has 4 heavy (non-hydrogen) atoms. The molecule has 0 bridgehead atoms. The van der Waals surface area contributed by atoms with E-state index < -0.39 is 6.85 Å². The first-order chi connectivity index (χ1) is 3.48. The van der Waals surface area contributed by atoms with E-state index in [1.807, 2.05) is 0 Å². The smallest absolute Gasteiger partial charge is 0.0569 e. The van der Waals surface area contributed by atoms with E-state index in [1.54, 1.807) is 0 Å². The van der Waals surface area contributed by atoms with Crippen LogP contribution < -0.4 is 0 Å². The van der Waals surface area contributed by atoms with Gasteiger partial charge in [-0.15, -0.1) is 0 Å². The quantitative estimate of drug-likeness (QED) is 0.372. The molecule has 0 radical (unpaired) electrons. The SMILES string of the molecule is [2H]C(=CC)C([2H])([2H])[2H]. The fourth-order valence-electron chi connectivity index (χ4n) is 0. The maximum Gasteiger partial charge on any atom is 0.0569 e. The van der Waals surface area contributed by atoms with Gasteiger partial charge in [-0.1, -0.05) is 12.1 Å². The Balaban J connectivity index is 4.03. The van der Waals surface area contributed by atoms with E-state index in [9.17, 15) is 0 Å². The second-order valence-electron chi connectivity index (χ2n) is 0.433. The van der Waals surface area contributed by atoms with Crippen LogP contribution in [0.1, 0.15) is 19.3 Å². The van der Waals surface area contributed by atoms with Gasteiger partial charge < -0.3 is 0 Å². The Kier molecular flexibility index (Phi) is 0.423. The van der Waals surface area contributed by atoms with E-state index in [0.717, 1.165) is 0 Å². The predicted molar refractivity (Wildman–Crippen MR) is 20.5 cm³/mol. The minimum atomic E-state index is -2.21. The summed E-state index contributed by atoms with van der Waals surface area (Å²) in [4.78, 5) is 0. The normalized spacial score (nSPS) is 29.8. The molecule has 0 aromatic rings. The third-order valence-electron chi connectivity index (χ3n) is 0.144. The molecular weight excluding hydrogens is 48.0 g/mol. The van der Waals surface area contributed by atoms with Crippen molar-refractivity contribution in [3.8, 4) is 0 Å². The number of allylic oxidation sites excluding steroid dienone is 2. The highest BCUT2D eigenvalue weighted by Gasteiger charge is 1.34. The van der Waals surface area contributed by atoms with Crippen molar-refractivity contribution in [1.82, 2.24) is 0 Å². The average molecular weight is 60.1 g/mol. The van der Waals surface area contributed by atoms with Crippen molar-refractivity contribution < 1.29 is 5.48 Å². The van der Waals surface area contributed by atoms with Gasteiger partial charge in [0.05, 0.1) is 1.37 Å². The molecule has 0 atom stereocenters. The van der Waals surface area contributed by atoms with Crippen molar-refractivity contribution in [1.29, 1.82) is 0 Å². The summed E-state index contributed by atoms with van der Waals surface area (Å²) >= 11 is 0. The Labute approximate surface area is 32.8 Å². The number of hydrogen-bond acceptors (Lipinski definition) is 0. The molecular formula is C4H8. The van der Waals surface area contributed by atoms with Crippen LogP contribution in [0.5, 0.6) is 0 Å². The van der Waals surface area contributed by atoms with Crippen molar-refractivity contribution >= 4 is 0 Å². The molecule has 0 aromatic heterocycles. The first-order valence-corrected chi connectivity index (χ1v) is 1.12. The molecule has 24 valence electrons. The zero-order valence-electron chi connectivity index (χ0n) is 6.58. The van der Waals surface area contributed by atoms with E-state index >= 15 is 0 Å². The minimum Gasteiger partial charge on any atom is -0.0919 e. The van der Waals surface area contributed by atoms with Crippen LogP contribution in [0.4, 0.5) is 0 Å². The first-order valence-electron chi connectivity index (χ1n) is 3.12. The molecule has 0 spiro atoms. The molecule has 0 aliphatic carbocycles. The fraction of sp³-hybridized carbons (Fsp3) is 0.500. The summed E-state index contributed by atoms with van der Waals surface area (Å²) in [6.45, 7) is -0.677. The highest BCUT2D eigenvalue weighted by atomic mass is 13.4. The Hall–Kier alpha value is -0.260. The maximum atomic E-state index is 6.77. The van der Waals surface area contributed by atoms with Gasteiger partial charge in [0.15, 0.2) is 0 Å². The predicted octanol–water partition coefficient (Wildman–Crippen LogP) is 1.58. The summed E-state index contributed by atoms with van der Waals surface area (Å²) in [5.41, 5.74) is 0. The van der Waals surface area contributed by atoms with E-state index in [1.165, 1.54) is 13.0 Å². The molecule has 0 saturated carbocycles. The lowest BCUT2D eigenvalue weighted by atomic mass is 10.6. The van der Waals surface area contributed by atoms with Gasteiger partial charge in [-0.3, -0.25) is 0 Å². The van der Waals surface area contributed by atoms with Gasteiger partial charge in [0, 0.05) is 4.11 Å². The lowest BCUT2D eigenvalue weighted by molar-refractivity contribution is 1.64. The van der Waals surface area contributed by atoms with Crippen LogP contribution in [0.25, 0.3) is 0 Å². The highest BCUT2D eigenvalue weighted by Crippen LogP contribution is 1.57. The molecule has 0 unspecified atom stereocenters. The van der Waals surface area contributed by atoms with Gasteiger partial charge >= 0.3 is 0 Å². The summed E-state index contributed by atoms with van der Waals surface area (Å²) in [5.74, 6) is 0. The van der Waals surface area contributed by atoms with Gasteiger partial charge in [-0.2, -0.15) is 0 Å². The van der Waals surface area contributed by atoms with E-state index in [-0.39, 0.29) is 6.05 Å². The number of hydrogen-bond donors (Lipinski definition) is 0. The Bertz CT molecular complexity index is 99.1. The van der Waals surface area contributed by atoms with Crippen molar-refractivity contribution in [3.05, 3.63) is 12.1 Å². The zero-order valence-corrected chi connectivity index (χ0v) is 2.58. The molecule has 0 aliphatic heterocycles. The van der Waals surface area contributed by atoms with Crippen molar-refractivity contribution in [3.63, 3.8) is 0 Å². The monoisotopic (exact) mass is 60.1 g/mol. The molecule has 0 N–H and O–H groups in total. The van der Waals surface area contributed by atoms with Crippen LogP contribution in [-0.2, 0) is 0 Å². The lowest BCUT2D eigenvalue weighted by Crippen LogP contribution is -1.26. The van der Waals surface area contributed by atoms with Crippen LogP contribution in [0.15, 0.2) is 12.1 Å². The Morgan fingerprint density at radius 3 is 3.00 bits per heavy atom. The fourth-order valence-corrected chi connectivity index (χ4v) is 0. The van der Waals surface area contributed by atoms with Gasteiger partial charge in [0.2, 0.25) is 0 Å². The van der Waals surface area contributed by atoms with Crippen LogP contribution in [0.2, 0.25) is 0 Å². The lowest BCUT2D eigenvalue weighted by Gasteiger charge is -1.49. The molecule has 0 saturated heterocycles. The first kappa shape index (κ1) is 0.618. The highest BCUT2D eigenvalue weighted by molar-refractivity contribution is 4.68. The van der Waals surface area contributed by atoms with Crippen LogP contribution in [-0.4, -0.2) is 0 Å². The molecule has 0 aromatic carbocycles. The molecule has 0 heteroatoms. The minimum absolute atomic E-state index is 0.294. The summed E-state index contributed by atoms with van der Waals surface area (Å²) in [6.07, 6.45) is 1.27. The third-order valence-corrected chi connectivity index (χ3v) is 0.144. The Morgan fingerprint density at radius 1 is 2.25 bits per heavy atom. The molecule has 0 aliphatic rings. The second-order valence-corrected chi connectivity index (χ2v) is 0.433. The summed E-state index contributed by atoms with van der Waals surface area (Å²) in [7, 11) is 0. The van der Waals surface area contributed by atoms with Gasteiger partial charge in [-0.05, 0) is 13.8 Å². The zero-order chi connectivity index (χ0) is 6.78. The van der Waals surface area contributed by atoms with Crippen molar-refractivity contribution in [2.75, 3.05) is 0 Å². The molecule has 0 fully saturated rings. The number of rotatable bonds is 0. The van der Waals surface area contributed by atoms with Gasteiger partial charge in [0.1, 0.15) is 0 Å². The largest absolute Gasteiger partial charge is 0.0919 e. The molecule has 0 amide bonds. The second kappa shape index (κ2) is 2.74. The summed E-state index contributed by atoms with van der Waals surface area (Å²) in [5, 5.41) is 0. The standard InChI is InChI=1S/C4H8/c1-3-4-2/h3-4H,1-2H3/i1D3,3D. The van der Waals surface area contributed by atoms with Crippen molar-refractivity contribution in [2.45, 2.75) is 13.8 Å². The van der Waals surface area contributed by atoms with E-state index in [0.29, 0.717) is 0 Å². The molecule has 0 heterocycles. The van der Waals surface area contributed by atoms with Crippen molar-refractivity contribution in [2.24, 2.45) is 0 Å². The average Bonchev–Trinajstić information content (AvgIpc) is 1.62. The van der Waals surface area contributed by atoms with E-state index in [4.69, 9.17) is 5.48 Å². The van der Waals surface area contributed by atoms with E-state index in [2.05, 4.69) is 0 Å². The third kappa shape index (κ3) is 1.74. The van der Waals surface area contributed by atoms with Gasteiger partial charge in [0.25, 0.3) is 0 Å². The maximum absolute atomic E-state index is 6.77. The summed E-state index contributed by atoms with van der Waals surface area (Å²) in [6, 6.07) is -0.294. The molecule has 0 nitrogen and oxygen atoms in total.